The minimum atomic E-state index is -1.01. The van der Waals surface area contributed by atoms with Crippen LogP contribution < -0.4 is 0 Å². The third-order valence-electron chi connectivity index (χ3n) is 2.76. The normalized spacial score (nSPS) is 17.3. The molecule has 118 valence electrons. The first-order chi connectivity index (χ1) is 9.50. The Morgan fingerprint density at radius 1 is 1.19 bits per heavy atom. The van der Waals surface area contributed by atoms with Crippen molar-refractivity contribution in [2.45, 2.75) is 47.1 Å². The first-order valence-electron chi connectivity index (χ1n) is 6.28. The molecule has 0 fully saturated rings. The quantitative estimate of drug-likeness (QED) is 0.456. The van der Waals surface area contributed by atoms with Crippen molar-refractivity contribution in [2.24, 2.45) is 0 Å². The molecule has 0 spiro atoms. The number of nitrogens with zero attached hydrogens (tertiary/aromatic N) is 1. The SMILES string of the molecule is C=C(C)C(=O)O.CC1=C(C)C(=O)N(C(C)OC(C)O)C1=O. The molecule has 0 aromatic heterocycles. The van der Waals surface area contributed by atoms with Gasteiger partial charge < -0.3 is 14.9 Å². The molecule has 0 saturated heterocycles. The number of carboxylic acid groups (broad SMARTS) is 1. The van der Waals surface area contributed by atoms with Gasteiger partial charge in [-0.2, -0.15) is 0 Å². The number of aliphatic hydroxyl groups is 1. The smallest absolute Gasteiger partial charge is 0.330 e. The van der Waals surface area contributed by atoms with Crippen LogP contribution in [0.5, 0.6) is 0 Å². The fourth-order valence-electron chi connectivity index (χ4n) is 1.45. The first-order valence-corrected chi connectivity index (χ1v) is 6.28. The molecular formula is C14H21NO6. The molecule has 1 aliphatic heterocycles. The number of imide groups is 1. The predicted molar refractivity (Wildman–Crippen MR) is 74.9 cm³/mol. The van der Waals surface area contributed by atoms with E-state index in [1.807, 2.05) is 0 Å². The minimum Gasteiger partial charge on any atom is -0.478 e. The summed E-state index contributed by atoms with van der Waals surface area (Å²) in [7, 11) is 0. The number of aliphatic carboxylic acids is 1. The molecule has 2 unspecified atom stereocenters. The Kier molecular flexibility index (Phi) is 6.97. The number of ether oxygens (including phenoxy) is 1. The zero-order valence-corrected chi connectivity index (χ0v) is 12.8. The lowest BCUT2D eigenvalue weighted by molar-refractivity contribution is -0.178. The molecule has 1 aliphatic rings. The highest BCUT2D eigenvalue weighted by molar-refractivity contribution is 6.18. The second-order valence-electron chi connectivity index (χ2n) is 4.65. The molecule has 0 aliphatic carbocycles. The van der Waals surface area contributed by atoms with Crippen molar-refractivity contribution in [1.29, 1.82) is 0 Å². The lowest BCUT2D eigenvalue weighted by Crippen LogP contribution is -2.42. The van der Waals surface area contributed by atoms with Gasteiger partial charge in [0.25, 0.3) is 11.8 Å². The van der Waals surface area contributed by atoms with Crippen LogP contribution in [0.2, 0.25) is 0 Å². The third-order valence-corrected chi connectivity index (χ3v) is 2.76. The van der Waals surface area contributed by atoms with E-state index in [1.54, 1.807) is 20.8 Å². The average Bonchev–Trinajstić information content (AvgIpc) is 2.53. The summed E-state index contributed by atoms with van der Waals surface area (Å²) < 4.78 is 4.98. The van der Waals surface area contributed by atoms with Crippen molar-refractivity contribution in [3.63, 3.8) is 0 Å². The van der Waals surface area contributed by atoms with Crippen molar-refractivity contribution in [3.8, 4) is 0 Å². The van der Waals surface area contributed by atoms with Crippen molar-refractivity contribution >= 4 is 17.8 Å². The molecule has 21 heavy (non-hydrogen) atoms. The van der Waals surface area contributed by atoms with Crippen molar-refractivity contribution in [2.75, 3.05) is 0 Å². The van der Waals surface area contributed by atoms with Crippen molar-refractivity contribution in [3.05, 3.63) is 23.3 Å². The second-order valence-corrected chi connectivity index (χ2v) is 4.65. The van der Waals surface area contributed by atoms with E-state index in [1.165, 1.54) is 13.8 Å². The highest BCUT2D eigenvalue weighted by Crippen LogP contribution is 2.22. The predicted octanol–water partition coefficient (Wildman–Crippen LogP) is 1.04. The second kappa shape index (κ2) is 7.70. The Labute approximate surface area is 123 Å². The van der Waals surface area contributed by atoms with E-state index in [-0.39, 0.29) is 17.4 Å². The number of carboxylic acids is 1. The lowest BCUT2D eigenvalue weighted by atomic mass is 10.2. The van der Waals surface area contributed by atoms with Gasteiger partial charge in [0.1, 0.15) is 6.23 Å². The lowest BCUT2D eigenvalue weighted by Gasteiger charge is -2.24. The Morgan fingerprint density at radius 2 is 1.52 bits per heavy atom. The molecule has 7 nitrogen and oxygen atoms in total. The summed E-state index contributed by atoms with van der Waals surface area (Å²) in [6.07, 6.45) is -1.76. The van der Waals surface area contributed by atoms with Gasteiger partial charge in [-0.25, -0.2) is 9.69 Å². The summed E-state index contributed by atoms with van der Waals surface area (Å²) in [6, 6.07) is 0. The summed E-state index contributed by atoms with van der Waals surface area (Å²) in [5, 5.41) is 16.9. The van der Waals surface area contributed by atoms with Gasteiger partial charge in [0, 0.05) is 16.7 Å². The Hall–Kier alpha value is -1.99. The molecule has 2 N–H and O–H groups in total. The number of rotatable bonds is 4. The topological polar surface area (TPSA) is 104 Å². The average molecular weight is 299 g/mol. The van der Waals surface area contributed by atoms with Crippen LogP contribution >= 0.6 is 0 Å². The van der Waals surface area contributed by atoms with E-state index >= 15 is 0 Å². The monoisotopic (exact) mass is 299 g/mol. The summed E-state index contributed by atoms with van der Waals surface area (Å²) in [5.41, 5.74) is 1.04. The van der Waals surface area contributed by atoms with Crippen LogP contribution in [0.15, 0.2) is 23.3 Å². The van der Waals surface area contributed by atoms with Gasteiger partial charge in [-0.1, -0.05) is 6.58 Å². The maximum atomic E-state index is 11.6. The van der Waals surface area contributed by atoms with Crippen molar-refractivity contribution < 1.29 is 29.3 Å². The van der Waals surface area contributed by atoms with E-state index in [4.69, 9.17) is 14.9 Å². The van der Waals surface area contributed by atoms with Gasteiger partial charge in [0.15, 0.2) is 6.29 Å². The van der Waals surface area contributed by atoms with E-state index in [9.17, 15) is 14.4 Å². The van der Waals surface area contributed by atoms with E-state index < -0.39 is 18.5 Å². The summed E-state index contributed by atoms with van der Waals surface area (Å²) in [6.45, 7) is 10.8. The number of aliphatic hydroxyl groups excluding tert-OH is 1. The highest BCUT2D eigenvalue weighted by atomic mass is 16.6. The van der Waals surface area contributed by atoms with E-state index in [0.29, 0.717) is 11.1 Å². The van der Waals surface area contributed by atoms with Crippen LogP contribution in [-0.4, -0.2) is 45.4 Å². The first kappa shape index (κ1) is 19.0. The van der Waals surface area contributed by atoms with Crippen LogP contribution in [0.4, 0.5) is 0 Å². The van der Waals surface area contributed by atoms with E-state index in [2.05, 4.69) is 6.58 Å². The maximum absolute atomic E-state index is 11.6. The molecule has 1 rings (SSSR count). The van der Waals surface area contributed by atoms with Crippen LogP contribution in [-0.2, 0) is 19.1 Å². The number of hydrogen-bond acceptors (Lipinski definition) is 5. The molecule has 1 heterocycles. The minimum absolute atomic E-state index is 0.176. The maximum Gasteiger partial charge on any atom is 0.330 e. The number of carbonyl (C=O) groups is 3. The van der Waals surface area contributed by atoms with Gasteiger partial charge in [0.05, 0.1) is 0 Å². The zero-order valence-electron chi connectivity index (χ0n) is 12.8. The van der Waals surface area contributed by atoms with Gasteiger partial charge in [-0.15, -0.1) is 0 Å². The number of amides is 2. The standard InChI is InChI=1S/C10H15NO4.C4H6O2/c1-5-6(2)10(14)11(9(5)13)7(3)15-8(4)12;1-3(2)4(5)6/h7-8,12H,1-4H3;1H2,2H3,(H,5,6). The molecule has 7 heteroatoms. The molecular weight excluding hydrogens is 278 g/mol. The number of hydrogen-bond donors (Lipinski definition) is 2. The van der Waals surface area contributed by atoms with E-state index in [0.717, 1.165) is 4.90 Å². The molecule has 0 bridgehead atoms. The third kappa shape index (κ3) is 5.13. The highest BCUT2D eigenvalue weighted by Gasteiger charge is 2.37. The largest absolute Gasteiger partial charge is 0.478 e. The fourth-order valence-corrected chi connectivity index (χ4v) is 1.45. The van der Waals surface area contributed by atoms with Gasteiger partial charge in [0.2, 0.25) is 0 Å². The molecule has 0 radical (unpaired) electrons. The summed E-state index contributed by atoms with van der Waals surface area (Å²) >= 11 is 0. The Morgan fingerprint density at radius 3 is 1.76 bits per heavy atom. The molecule has 2 amide bonds. The molecule has 2 atom stereocenters. The van der Waals surface area contributed by atoms with Gasteiger partial charge >= 0.3 is 5.97 Å². The fraction of sp³-hybridized carbons (Fsp3) is 0.500. The van der Waals surface area contributed by atoms with Crippen LogP contribution in [0, 0.1) is 0 Å². The van der Waals surface area contributed by atoms with Crippen molar-refractivity contribution in [1.82, 2.24) is 4.90 Å². The van der Waals surface area contributed by atoms with Crippen LogP contribution in [0.25, 0.3) is 0 Å². The van der Waals surface area contributed by atoms with Crippen LogP contribution in [0.3, 0.4) is 0 Å². The Bertz CT molecular complexity index is 456. The summed E-state index contributed by atoms with van der Waals surface area (Å²) in [5.74, 6) is -1.65. The summed E-state index contributed by atoms with van der Waals surface area (Å²) in [4.78, 5) is 33.9. The van der Waals surface area contributed by atoms with Crippen LogP contribution in [0.1, 0.15) is 34.6 Å². The molecule has 0 aromatic rings. The van der Waals surface area contributed by atoms with Gasteiger partial charge in [-0.3, -0.25) is 9.59 Å². The molecule has 0 saturated carbocycles. The van der Waals surface area contributed by atoms with Gasteiger partial charge in [-0.05, 0) is 34.6 Å². The molecule has 0 aromatic carbocycles. The Balaban J connectivity index is 0.000000567. The number of carbonyl (C=O) groups excluding carboxylic acids is 2. The zero-order chi connectivity index (χ0) is 16.9.